The van der Waals surface area contributed by atoms with Crippen molar-refractivity contribution in [2.24, 2.45) is 0 Å². The molecule has 0 aliphatic rings. The Kier molecular flexibility index (Phi) is 4.99. The van der Waals surface area contributed by atoms with E-state index in [1.54, 1.807) is 13.0 Å². The van der Waals surface area contributed by atoms with E-state index in [9.17, 15) is 9.50 Å². The fourth-order valence-electron chi connectivity index (χ4n) is 1.94. The van der Waals surface area contributed by atoms with Crippen LogP contribution >= 0.6 is 11.6 Å². The van der Waals surface area contributed by atoms with Gasteiger partial charge in [-0.1, -0.05) is 41.9 Å². The number of ether oxygens (including phenoxy) is 1. The van der Waals surface area contributed by atoms with Gasteiger partial charge >= 0.3 is 0 Å². The quantitative estimate of drug-likeness (QED) is 0.904. The van der Waals surface area contributed by atoms with Gasteiger partial charge < -0.3 is 9.84 Å². The molecule has 20 heavy (non-hydrogen) atoms. The molecule has 0 heterocycles. The molecule has 1 unspecified atom stereocenters. The molecule has 0 fully saturated rings. The summed E-state index contributed by atoms with van der Waals surface area (Å²) in [5.74, 6) is -0.464. The molecule has 0 spiro atoms. The van der Waals surface area contributed by atoms with Crippen LogP contribution in [0.15, 0.2) is 42.5 Å². The lowest BCUT2D eigenvalue weighted by molar-refractivity contribution is 0.195. The molecule has 0 saturated heterocycles. The fourth-order valence-corrected chi connectivity index (χ4v) is 2.22. The maximum Gasteiger partial charge on any atom is 0.174 e. The third kappa shape index (κ3) is 3.95. The summed E-state index contributed by atoms with van der Waals surface area (Å²) in [5, 5.41) is 9.53. The van der Waals surface area contributed by atoms with E-state index in [1.807, 2.05) is 30.3 Å². The highest BCUT2D eigenvalue weighted by Gasteiger charge is 2.12. The molecule has 0 aliphatic carbocycles. The Hall–Kier alpha value is -1.58. The van der Waals surface area contributed by atoms with Gasteiger partial charge in [0, 0.05) is 0 Å². The first kappa shape index (κ1) is 14.8. The van der Waals surface area contributed by atoms with E-state index in [1.165, 1.54) is 6.07 Å². The number of halogens is 2. The Morgan fingerprint density at radius 1 is 1.20 bits per heavy atom. The molecule has 4 heteroatoms. The van der Waals surface area contributed by atoms with E-state index in [0.717, 1.165) is 5.56 Å². The van der Waals surface area contributed by atoms with Crippen LogP contribution in [0.3, 0.4) is 0 Å². The van der Waals surface area contributed by atoms with Crippen LogP contribution < -0.4 is 4.74 Å². The molecular weight excluding hydrogens is 279 g/mol. The normalized spacial score (nSPS) is 12.2. The van der Waals surface area contributed by atoms with Crippen LogP contribution in [-0.4, -0.2) is 11.2 Å². The van der Waals surface area contributed by atoms with E-state index in [4.69, 9.17) is 16.3 Å². The Bertz CT molecular complexity index is 547. The second-order valence-electron chi connectivity index (χ2n) is 4.72. The lowest BCUT2D eigenvalue weighted by atomic mass is 10.1. The highest BCUT2D eigenvalue weighted by atomic mass is 35.5. The van der Waals surface area contributed by atoms with Crippen LogP contribution in [-0.2, 0) is 13.0 Å². The van der Waals surface area contributed by atoms with Crippen molar-refractivity contribution >= 4 is 11.6 Å². The molecular formula is C16H16ClFO2. The van der Waals surface area contributed by atoms with Crippen LogP contribution in [0, 0.1) is 5.82 Å². The second-order valence-corrected chi connectivity index (χ2v) is 5.12. The largest absolute Gasteiger partial charge is 0.484 e. The van der Waals surface area contributed by atoms with Gasteiger partial charge in [-0.3, -0.25) is 0 Å². The zero-order valence-electron chi connectivity index (χ0n) is 11.1. The lowest BCUT2D eigenvalue weighted by Crippen LogP contribution is -2.05. The zero-order chi connectivity index (χ0) is 14.5. The highest BCUT2D eigenvalue weighted by Crippen LogP contribution is 2.30. The molecule has 2 nitrogen and oxygen atoms in total. The Morgan fingerprint density at radius 2 is 1.90 bits per heavy atom. The third-order valence-electron chi connectivity index (χ3n) is 2.82. The molecule has 0 aromatic heterocycles. The molecule has 0 amide bonds. The van der Waals surface area contributed by atoms with Crippen LogP contribution in [0.1, 0.15) is 18.1 Å². The number of hydrogen-bond donors (Lipinski definition) is 1. The summed E-state index contributed by atoms with van der Waals surface area (Å²) in [4.78, 5) is 0. The number of rotatable bonds is 5. The average molecular weight is 295 g/mol. The topological polar surface area (TPSA) is 29.5 Å². The van der Waals surface area contributed by atoms with Crippen molar-refractivity contribution in [3.05, 3.63) is 64.4 Å². The van der Waals surface area contributed by atoms with Crippen molar-refractivity contribution in [2.75, 3.05) is 0 Å². The minimum atomic E-state index is -0.540. The van der Waals surface area contributed by atoms with Gasteiger partial charge in [0.2, 0.25) is 0 Å². The van der Waals surface area contributed by atoms with Gasteiger partial charge in [-0.25, -0.2) is 4.39 Å². The first-order valence-corrected chi connectivity index (χ1v) is 6.77. The minimum absolute atomic E-state index is 0.0462. The molecule has 106 valence electrons. The van der Waals surface area contributed by atoms with Crippen LogP contribution in [0.5, 0.6) is 5.75 Å². The van der Waals surface area contributed by atoms with E-state index in [2.05, 4.69) is 0 Å². The van der Waals surface area contributed by atoms with E-state index < -0.39 is 11.9 Å². The van der Waals surface area contributed by atoms with E-state index >= 15 is 0 Å². The molecule has 0 bridgehead atoms. The van der Waals surface area contributed by atoms with E-state index in [-0.39, 0.29) is 17.4 Å². The van der Waals surface area contributed by atoms with Crippen molar-refractivity contribution in [3.8, 4) is 5.75 Å². The SMILES string of the molecule is CC(O)Cc1cc(F)c(OCc2ccccc2)c(Cl)c1. The van der Waals surface area contributed by atoms with Crippen LogP contribution in [0.25, 0.3) is 0 Å². The van der Waals surface area contributed by atoms with Crippen molar-refractivity contribution < 1.29 is 14.2 Å². The molecule has 2 aromatic carbocycles. The van der Waals surface area contributed by atoms with Gasteiger partial charge in [0.15, 0.2) is 11.6 Å². The zero-order valence-corrected chi connectivity index (χ0v) is 11.9. The molecule has 0 radical (unpaired) electrons. The summed E-state index contributed by atoms with van der Waals surface area (Å²) in [6, 6.07) is 12.4. The monoisotopic (exact) mass is 294 g/mol. The predicted molar refractivity (Wildman–Crippen MR) is 77.6 cm³/mol. The minimum Gasteiger partial charge on any atom is -0.484 e. The number of benzene rings is 2. The summed E-state index contributed by atoms with van der Waals surface area (Å²) >= 11 is 6.04. The number of hydrogen-bond acceptors (Lipinski definition) is 2. The molecule has 1 atom stereocenters. The number of aliphatic hydroxyl groups is 1. The second kappa shape index (κ2) is 6.73. The molecule has 0 saturated carbocycles. The van der Waals surface area contributed by atoms with Gasteiger partial charge in [0.25, 0.3) is 0 Å². The smallest absolute Gasteiger partial charge is 0.174 e. The molecule has 1 N–H and O–H groups in total. The maximum absolute atomic E-state index is 14.0. The first-order chi connectivity index (χ1) is 9.56. The molecule has 2 rings (SSSR count). The summed E-state index contributed by atoms with van der Waals surface area (Å²) in [7, 11) is 0. The van der Waals surface area contributed by atoms with Gasteiger partial charge in [0.05, 0.1) is 11.1 Å². The molecule has 0 aliphatic heterocycles. The van der Waals surface area contributed by atoms with Crippen molar-refractivity contribution in [1.29, 1.82) is 0 Å². The summed E-state index contributed by atoms with van der Waals surface area (Å²) in [6.45, 7) is 1.90. The summed E-state index contributed by atoms with van der Waals surface area (Å²) < 4.78 is 19.4. The predicted octanol–water partition coefficient (Wildman–Crippen LogP) is 3.98. The average Bonchev–Trinajstić information content (AvgIpc) is 2.38. The lowest BCUT2D eigenvalue weighted by Gasteiger charge is -2.12. The van der Waals surface area contributed by atoms with Crippen molar-refractivity contribution in [3.63, 3.8) is 0 Å². The third-order valence-corrected chi connectivity index (χ3v) is 3.10. The van der Waals surface area contributed by atoms with Crippen LogP contribution in [0.2, 0.25) is 5.02 Å². The number of aliphatic hydroxyl groups excluding tert-OH is 1. The summed E-state index contributed by atoms with van der Waals surface area (Å²) in [6.07, 6.45) is -0.183. The highest BCUT2D eigenvalue weighted by molar-refractivity contribution is 6.32. The standard InChI is InChI=1S/C16H16ClFO2/c1-11(19)7-13-8-14(17)16(15(18)9-13)20-10-12-5-3-2-4-6-12/h2-6,8-9,11,19H,7,10H2,1H3. The van der Waals surface area contributed by atoms with Crippen molar-refractivity contribution in [2.45, 2.75) is 26.1 Å². The van der Waals surface area contributed by atoms with Gasteiger partial charge in [0.1, 0.15) is 6.61 Å². The first-order valence-electron chi connectivity index (χ1n) is 6.39. The molecule has 2 aromatic rings. The fraction of sp³-hybridized carbons (Fsp3) is 0.250. The van der Waals surface area contributed by atoms with E-state index in [0.29, 0.717) is 12.0 Å². The Labute approximate surface area is 122 Å². The van der Waals surface area contributed by atoms with Gasteiger partial charge in [-0.15, -0.1) is 0 Å². The maximum atomic E-state index is 14.0. The van der Waals surface area contributed by atoms with Crippen molar-refractivity contribution in [1.82, 2.24) is 0 Å². The summed E-state index contributed by atoms with van der Waals surface area (Å²) in [5.41, 5.74) is 1.59. The van der Waals surface area contributed by atoms with Gasteiger partial charge in [-0.2, -0.15) is 0 Å². The van der Waals surface area contributed by atoms with Gasteiger partial charge in [-0.05, 0) is 36.6 Å². The van der Waals surface area contributed by atoms with Crippen LogP contribution in [0.4, 0.5) is 4.39 Å². The Morgan fingerprint density at radius 3 is 2.50 bits per heavy atom. The Balaban J connectivity index is 2.12.